The molecule has 2 unspecified atom stereocenters. The van der Waals surface area contributed by atoms with Crippen LogP contribution in [0.1, 0.15) is 45.1 Å². The molecule has 0 saturated carbocycles. The fourth-order valence-electron chi connectivity index (χ4n) is 2.77. The Kier molecular flexibility index (Phi) is 5.95. The van der Waals surface area contributed by atoms with Gasteiger partial charge in [-0.3, -0.25) is 0 Å². The van der Waals surface area contributed by atoms with E-state index in [1.807, 2.05) is 12.1 Å². The minimum absolute atomic E-state index is 0.211. The Morgan fingerprint density at radius 1 is 1.21 bits per heavy atom. The van der Waals surface area contributed by atoms with Crippen LogP contribution in [0, 0.1) is 5.82 Å². The van der Waals surface area contributed by atoms with Gasteiger partial charge < -0.3 is 10.6 Å². The zero-order valence-corrected chi connectivity index (χ0v) is 12.6. The predicted octanol–water partition coefficient (Wildman–Crippen LogP) is 3.51. The molecule has 0 aromatic heterocycles. The Labute approximate surface area is 116 Å². The van der Waals surface area contributed by atoms with Gasteiger partial charge in [0.1, 0.15) is 5.82 Å². The molecule has 0 aliphatic rings. The number of halogens is 1. The van der Waals surface area contributed by atoms with Crippen LogP contribution in [0.2, 0.25) is 0 Å². The van der Waals surface area contributed by atoms with Crippen molar-refractivity contribution in [1.29, 1.82) is 0 Å². The number of rotatable bonds is 7. The van der Waals surface area contributed by atoms with E-state index in [-0.39, 0.29) is 11.9 Å². The van der Waals surface area contributed by atoms with Gasteiger partial charge in [0.25, 0.3) is 0 Å². The first-order valence-electron chi connectivity index (χ1n) is 7.17. The molecule has 2 atom stereocenters. The second-order valence-corrected chi connectivity index (χ2v) is 5.52. The van der Waals surface area contributed by atoms with Gasteiger partial charge in [0.15, 0.2) is 0 Å². The lowest BCUT2D eigenvalue weighted by Gasteiger charge is -2.41. The van der Waals surface area contributed by atoms with Gasteiger partial charge in [0, 0.05) is 6.04 Å². The predicted molar refractivity (Wildman–Crippen MR) is 79.6 cm³/mol. The lowest BCUT2D eigenvalue weighted by atomic mass is 9.78. The molecule has 0 amide bonds. The highest BCUT2D eigenvalue weighted by molar-refractivity contribution is 5.26. The molecule has 1 aromatic rings. The fraction of sp³-hybridized carbons (Fsp3) is 0.625. The lowest BCUT2D eigenvalue weighted by Crippen LogP contribution is -2.53. The summed E-state index contributed by atoms with van der Waals surface area (Å²) in [6, 6.07) is 6.91. The highest BCUT2D eigenvalue weighted by Crippen LogP contribution is 2.31. The summed E-state index contributed by atoms with van der Waals surface area (Å²) in [6.07, 6.45) is 4.22. The van der Waals surface area contributed by atoms with E-state index in [9.17, 15) is 4.39 Å². The minimum atomic E-state index is -0.424. The van der Waals surface area contributed by atoms with Gasteiger partial charge in [-0.05, 0) is 44.6 Å². The summed E-state index contributed by atoms with van der Waals surface area (Å²) in [6.45, 7) is 4.29. The van der Waals surface area contributed by atoms with Crippen LogP contribution < -0.4 is 5.73 Å². The second kappa shape index (κ2) is 7.01. The number of benzene rings is 1. The topological polar surface area (TPSA) is 29.3 Å². The van der Waals surface area contributed by atoms with E-state index >= 15 is 0 Å². The maximum absolute atomic E-state index is 13.1. The molecule has 0 saturated heterocycles. The van der Waals surface area contributed by atoms with E-state index in [1.165, 1.54) is 12.1 Å². The quantitative estimate of drug-likeness (QED) is 0.818. The fourth-order valence-corrected chi connectivity index (χ4v) is 2.77. The largest absolute Gasteiger partial charge is 0.320 e. The Bertz CT molecular complexity index is 375. The molecule has 3 heteroatoms. The Hall–Kier alpha value is -0.930. The average Bonchev–Trinajstić information content (AvgIpc) is 2.39. The average molecular weight is 266 g/mol. The van der Waals surface area contributed by atoms with Crippen LogP contribution in [-0.4, -0.2) is 25.0 Å². The third kappa shape index (κ3) is 3.77. The van der Waals surface area contributed by atoms with Crippen LogP contribution in [0.3, 0.4) is 0 Å². The van der Waals surface area contributed by atoms with Crippen molar-refractivity contribution in [3.05, 3.63) is 35.6 Å². The molecule has 0 spiro atoms. The number of unbranched alkanes of at least 4 members (excludes halogenated alkanes) is 1. The highest BCUT2D eigenvalue weighted by Gasteiger charge is 2.35. The Balaban J connectivity index is 3.07. The summed E-state index contributed by atoms with van der Waals surface area (Å²) in [5, 5.41) is 0. The van der Waals surface area contributed by atoms with Gasteiger partial charge in [-0.1, -0.05) is 38.8 Å². The van der Waals surface area contributed by atoms with Crippen molar-refractivity contribution in [3.63, 3.8) is 0 Å². The highest BCUT2D eigenvalue weighted by atomic mass is 19.1. The molecule has 108 valence electrons. The van der Waals surface area contributed by atoms with Gasteiger partial charge in [0.05, 0.1) is 5.54 Å². The molecular weight excluding hydrogens is 239 g/mol. The molecule has 0 heterocycles. The van der Waals surface area contributed by atoms with E-state index in [4.69, 9.17) is 5.73 Å². The maximum Gasteiger partial charge on any atom is 0.123 e. The summed E-state index contributed by atoms with van der Waals surface area (Å²) in [7, 11) is 4.14. The van der Waals surface area contributed by atoms with Crippen LogP contribution in [0.5, 0.6) is 0 Å². The van der Waals surface area contributed by atoms with E-state index < -0.39 is 5.54 Å². The number of hydrogen-bond acceptors (Lipinski definition) is 2. The number of nitrogens with two attached hydrogens (primary N) is 1. The Morgan fingerprint density at radius 2 is 1.79 bits per heavy atom. The molecule has 0 aliphatic heterocycles. The normalized spacial score (nSPS) is 16.4. The first-order chi connectivity index (χ1) is 8.95. The van der Waals surface area contributed by atoms with Crippen LogP contribution in [0.15, 0.2) is 24.3 Å². The van der Waals surface area contributed by atoms with Crippen molar-refractivity contribution in [2.75, 3.05) is 14.1 Å². The molecule has 19 heavy (non-hydrogen) atoms. The van der Waals surface area contributed by atoms with Crippen LogP contribution >= 0.6 is 0 Å². The summed E-state index contributed by atoms with van der Waals surface area (Å²) in [5.41, 5.74) is 7.29. The Morgan fingerprint density at radius 3 is 2.21 bits per heavy atom. The summed E-state index contributed by atoms with van der Waals surface area (Å²) in [5.74, 6) is -0.211. The molecule has 0 bridgehead atoms. The number of hydrogen-bond donors (Lipinski definition) is 1. The van der Waals surface area contributed by atoms with Crippen LogP contribution in [-0.2, 0) is 5.54 Å². The van der Waals surface area contributed by atoms with Crippen molar-refractivity contribution in [3.8, 4) is 0 Å². The van der Waals surface area contributed by atoms with E-state index in [0.29, 0.717) is 0 Å². The van der Waals surface area contributed by atoms with Gasteiger partial charge in [-0.15, -0.1) is 0 Å². The van der Waals surface area contributed by atoms with Crippen molar-refractivity contribution < 1.29 is 4.39 Å². The standard InChI is InChI=1S/C16H27FN2/c1-5-7-8-15(19(3)4)16(18,6-2)13-9-11-14(17)12-10-13/h9-12,15H,5-8,18H2,1-4H3. The molecule has 1 rings (SSSR count). The molecule has 0 fully saturated rings. The SMILES string of the molecule is CCCCC(N(C)C)C(N)(CC)c1ccc(F)cc1. The number of nitrogens with zero attached hydrogens (tertiary/aromatic N) is 1. The third-order valence-electron chi connectivity index (χ3n) is 4.02. The molecule has 0 aliphatic carbocycles. The summed E-state index contributed by atoms with van der Waals surface area (Å²) in [4.78, 5) is 2.20. The zero-order chi connectivity index (χ0) is 14.5. The van der Waals surface area contributed by atoms with E-state index in [2.05, 4.69) is 32.8 Å². The van der Waals surface area contributed by atoms with Gasteiger partial charge >= 0.3 is 0 Å². The second-order valence-electron chi connectivity index (χ2n) is 5.52. The van der Waals surface area contributed by atoms with Gasteiger partial charge in [-0.2, -0.15) is 0 Å². The first kappa shape index (κ1) is 16.1. The summed E-state index contributed by atoms with van der Waals surface area (Å²) < 4.78 is 13.1. The molecule has 0 radical (unpaired) electrons. The monoisotopic (exact) mass is 266 g/mol. The van der Waals surface area contributed by atoms with Gasteiger partial charge in [-0.25, -0.2) is 4.39 Å². The zero-order valence-electron chi connectivity index (χ0n) is 12.6. The molecule has 2 nitrogen and oxygen atoms in total. The smallest absolute Gasteiger partial charge is 0.123 e. The van der Waals surface area contributed by atoms with E-state index in [0.717, 1.165) is 31.2 Å². The van der Waals surface area contributed by atoms with Crippen molar-refractivity contribution in [2.45, 2.75) is 51.1 Å². The summed E-state index contributed by atoms with van der Waals surface area (Å²) >= 11 is 0. The van der Waals surface area contributed by atoms with Crippen LogP contribution in [0.25, 0.3) is 0 Å². The van der Waals surface area contributed by atoms with Crippen molar-refractivity contribution in [1.82, 2.24) is 4.90 Å². The van der Waals surface area contributed by atoms with Gasteiger partial charge in [0.2, 0.25) is 0 Å². The van der Waals surface area contributed by atoms with Crippen molar-refractivity contribution in [2.24, 2.45) is 5.73 Å². The lowest BCUT2D eigenvalue weighted by molar-refractivity contribution is 0.157. The molecule has 1 aromatic carbocycles. The van der Waals surface area contributed by atoms with Crippen LogP contribution in [0.4, 0.5) is 4.39 Å². The maximum atomic E-state index is 13.1. The number of likely N-dealkylation sites (N-methyl/N-ethyl adjacent to an activating group) is 1. The molecular formula is C16H27FN2. The minimum Gasteiger partial charge on any atom is -0.320 e. The van der Waals surface area contributed by atoms with Crippen molar-refractivity contribution >= 4 is 0 Å². The molecule has 2 N–H and O–H groups in total. The van der Waals surface area contributed by atoms with E-state index in [1.54, 1.807) is 0 Å². The first-order valence-corrected chi connectivity index (χ1v) is 7.17. The third-order valence-corrected chi connectivity index (χ3v) is 4.02.